The minimum atomic E-state index is -0.622. The van der Waals surface area contributed by atoms with Crippen molar-refractivity contribution in [1.29, 1.82) is 0 Å². The molecule has 2 unspecified atom stereocenters. The van der Waals surface area contributed by atoms with Crippen LogP contribution in [0.2, 0.25) is 0 Å². The predicted molar refractivity (Wildman–Crippen MR) is 80.8 cm³/mol. The SMILES string of the molecule is CC(C)CCNC1CC(C(=O)O)CN(C2CCCC2)C1. The average Bonchev–Trinajstić information content (AvgIpc) is 2.91. The lowest BCUT2D eigenvalue weighted by molar-refractivity contribution is -0.144. The van der Waals surface area contributed by atoms with Gasteiger partial charge in [-0.2, -0.15) is 0 Å². The molecule has 2 fully saturated rings. The van der Waals surface area contributed by atoms with Crippen molar-refractivity contribution < 1.29 is 9.90 Å². The van der Waals surface area contributed by atoms with Crippen molar-refractivity contribution in [3.63, 3.8) is 0 Å². The number of hydrogen-bond donors (Lipinski definition) is 2. The molecule has 0 aromatic heterocycles. The van der Waals surface area contributed by atoms with Crippen LogP contribution in [0.1, 0.15) is 52.4 Å². The molecule has 0 amide bonds. The number of carboxylic acids is 1. The molecule has 0 spiro atoms. The van der Waals surface area contributed by atoms with Crippen molar-refractivity contribution in [2.45, 2.75) is 64.5 Å². The summed E-state index contributed by atoms with van der Waals surface area (Å²) >= 11 is 0. The molecule has 1 saturated heterocycles. The molecule has 4 heteroatoms. The number of carboxylic acid groups (broad SMARTS) is 1. The molecule has 2 atom stereocenters. The van der Waals surface area contributed by atoms with Crippen molar-refractivity contribution in [3.05, 3.63) is 0 Å². The number of hydrogen-bond acceptors (Lipinski definition) is 3. The largest absolute Gasteiger partial charge is 0.481 e. The van der Waals surface area contributed by atoms with E-state index in [0.717, 1.165) is 32.5 Å². The van der Waals surface area contributed by atoms with Crippen LogP contribution in [0.4, 0.5) is 0 Å². The van der Waals surface area contributed by atoms with E-state index in [1.807, 2.05) is 0 Å². The summed E-state index contributed by atoms with van der Waals surface area (Å²) in [4.78, 5) is 13.8. The molecule has 116 valence electrons. The summed E-state index contributed by atoms with van der Waals surface area (Å²) in [5.74, 6) is -0.114. The first-order valence-corrected chi connectivity index (χ1v) is 8.26. The third kappa shape index (κ3) is 4.45. The van der Waals surface area contributed by atoms with E-state index in [1.54, 1.807) is 0 Å². The molecule has 0 aromatic carbocycles. The molecule has 2 N–H and O–H groups in total. The van der Waals surface area contributed by atoms with Gasteiger partial charge in [-0.25, -0.2) is 0 Å². The summed E-state index contributed by atoms with van der Waals surface area (Å²) in [5, 5.41) is 13.0. The molecular weight excluding hydrogens is 252 g/mol. The number of likely N-dealkylation sites (tertiary alicyclic amines) is 1. The second-order valence-electron chi connectivity index (χ2n) is 7.00. The highest BCUT2D eigenvalue weighted by atomic mass is 16.4. The van der Waals surface area contributed by atoms with Gasteiger partial charge in [-0.05, 0) is 38.1 Å². The van der Waals surface area contributed by atoms with Gasteiger partial charge in [-0.1, -0.05) is 26.7 Å². The molecule has 4 nitrogen and oxygen atoms in total. The summed E-state index contributed by atoms with van der Waals surface area (Å²) < 4.78 is 0. The lowest BCUT2D eigenvalue weighted by atomic mass is 9.92. The molecular formula is C16H30N2O2. The first-order chi connectivity index (χ1) is 9.56. The van der Waals surface area contributed by atoms with Gasteiger partial charge in [0.15, 0.2) is 0 Å². The molecule has 1 aliphatic carbocycles. The van der Waals surface area contributed by atoms with Gasteiger partial charge >= 0.3 is 5.97 Å². The Labute approximate surface area is 122 Å². The minimum absolute atomic E-state index is 0.194. The highest BCUT2D eigenvalue weighted by Gasteiger charge is 2.35. The Bertz CT molecular complexity index is 314. The zero-order chi connectivity index (χ0) is 14.5. The van der Waals surface area contributed by atoms with Gasteiger partial charge in [0.05, 0.1) is 5.92 Å². The van der Waals surface area contributed by atoms with E-state index in [9.17, 15) is 9.90 Å². The Balaban J connectivity index is 1.88. The second-order valence-corrected chi connectivity index (χ2v) is 7.00. The van der Waals surface area contributed by atoms with Crippen molar-refractivity contribution in [2.75, 3.05) is 19.6 Å². The minimum Gasteiger partial charge on any atom is -0.481 e. The molecule has 0 aromatic rings. The monoisotopic (exact) mass is 282 g/mol. The Hall–Kier alpha value is -0.610. The number of nitrogens with one attached hydrogen (secondary N) is 1. The van der Waals surface area contributed by atoms with E-state index in [4.69, 9.17) is 0 Å². The number of nitrogens with zero attached hydrogens (tertiary/aromatic N) is 1. The predicted octanol–water partition coefficient (Wildman–Crippen LogP) is 2.34. The van der Waals surface area contributed by atoms with Crippen LogP contribution in [0.15, 0.2) is 0 Å². The Morgan fingerprint density at radius 3 is 2.60 bits per heavy atom. The van der Waals surface area contributed by atoms with Crippen LogP contribution in [-0.4, -0.2) is 47.7 Å². The zero-order valence-electron chi connectivity index (χ0n) is 13.0. The standard InChI is InChI=1S/C16H30N2O2/c1-12(2)7-8-17-14-9-13(16(19)20)10-18(11-14)15-5-3-4-6-15/h12-15,17H,3-11H2,1-2H3,(H,19,20). The van der Waals surface area contributed by atoms with Gasteiger partial charge in [0, 0.05) is 25.2 Å². The third-order valence-electron chi connectivity index (χ3n) is 4.82. The van der Waals surface area contributed by atoms with Gasteiger partial charge in [0.1, 0.15) is 0 Å². The van der Waals surface area contributed by atoms with Crippen LogP contribution in [0, 0.1) is 11.8 Å². The van der Waals surface area contributed by atoms with E-state index in [-0.39, 0.29) is 5.92 Å². The molecule has 1 saturated carbocycles. The van der Waals surface area contributed by atoms with Crippen LogP contribution in [0.25, 0.3) is 0 Å². The number of carbonyl (C=O) groups is 1. The second kappa shape index (κ2) is 7.41. The normalized spacial score (nSPS) is 29.1. The quantitative estimate of drug-likeness (QED) is 0.785. The summed E-state index contributed by atoms with van der Waals surface area (Å²) in [7, 11) is 0. The van der Waals surface area contributed by atoms with E-state index in [1.165, 1.54) is 25.7 Å². The maximum absolute atomic E-state index is 11.4. The van der Waals surface area contributed by atoms with Gasteiger partial charge in [0.2, 0.25) is 0 Å². The van der Waals surface area contributed by atoms with E-state index < -0.39 is 5.97 Å². The Kier molecular flexibility index (Phi) is 5.85. The molecule has 0 radical (unpaired) electrons. The first kappa shape index (κ1) is 15.8. The lowest BCUT2D eigenvalue weighted by Gasteiger charge is -2.40. The fourth-order valence-corrected chi connectivity index (χ4v) is 3.60. The van der Waals surface area contributed by atoms with E-state index in [2.05, 4.69) is 24.1 Å². The molecule has 2 aliphatic rings. The zero-order valence-corrected chi connectivity index (χ0v) is 13.0. The van der Waals surface area contributed by atoms with Gasteiger partial charge in [0.25, 0.3) is 0 Å². The molecule has 1 aliphatic heterocycles. The van der Waals surface area contributed by atoms with Crippen LogP contribution in [0.3, 0.4) is 0 Å². The molecule has 20 heavy (non-hydrogen) atoms. The fraction of sp³-hybridized carbons (Fsp3) is 0.938. The van der Waals surface area contributed by atoms with Crippen LogP contribution < -0.4 is 5.32 Å². The fourth-order valence-electron chi connectivity index (χ4n) is 3.60. The topological polar surface area (TPSA) is 52.6 Å². The number of rotatable bonds is 6. The number of piperidine rings is 1. The number of aliphatic carboxylic acids is 1. The molecule has 1 heterocycles. The third-order valence-corrected chi connectivity index (χ3v) is 4.82. The highest BCUT2D eigenvalue weighted by Crippen LogP contribution is 2.28. The van der Waals surface area contributed by atoms with Crippen molar-refractivity contribution in [1.82, 2.24) is 10.2 Å². The van der Waals surface area contributed by atoms with E-state index >= 15 is 0 Å². The lowest BCUT2D eigenvalue weighted by Crippen LogP contribution is -2.53. The van der Waals surface area contributed by atoms with Gasteiger partial charge in [-0.3, -0.25) is 9.69 Å². The maximum Gasteiger partial charge on any atom is 0.307 e. The smallest absolute Gasteiger partial charge is 0.307 e. The highest BCUT2D eigenvalue weighted by molar-refractivity contribution is 5.70. The Morgan fingerprint density at radius 2 is 2.00 bits per heavy atom. The van der Waals surface area contributed by atoms with Crippen LogP contribution >= 0.6 is 0 Å². The van der Waals surface area contributed by atoms with Gasteiger partial charge in [-0.15, -0.1) is 0 Å². The van der Waals surface area contributed by atoms with Gasteiger partial charge < -0.3 is 10.4 Å². The first-order valence-electron chi connectivity index (χ1n) is 8.26. The summed E-state index contributed by atoms with van der Waals surface area (Å²) in [5.41, 5.74) is 0. The maximum atomic E-state index is 11.4. The van der Waals surface area contributed by atoms with Crippen molar-refractivity contribution >= 4 is 5.97 Å². The van der Waals surface area contributed by atoms with E-state index in [0.29, 0.717) is 18.0 Å². The average molecular weight is 282 g/mol. The molecule has 2 rings (SSSR count). The summed E-state index contributed by atoms with van der Waals surface area (Å²) in [6.45, 7) is 7.25. The Morgan fingerprint density at radius 1 is 1.30 bits per heavy atom. The van der Waals surface area contributed by atoms with Crippen LogP contribution in [-0.2, 0) is 4.79 Å². The van der Waals surface area contributed by atoms with Crippen LogP contribution in [0.5, 0.6) is 0 Å². The van der Waals surface area contributed by atoms with Crippen molar-refractivity contribution in [2.24, 2.45) is 11.8 Å². The van der Waals surface area contributed by atoms with Crippen molar-refractivity contribution in [3.8, 4) is 0 Å². The summed E-state index contributed by atoms with van der Waals surface area (Å²) in [6, 6.07) is 0.982. The molecule has 0 bridgehead atoms. The summed E-state index contributed by atoms with van der Waals surface area (Å²) in [6.07, 6.45) is 7.08.